The van der Waals surface area contributed by atoms with Crippen LogP contribution in [0.4, 0.5) is 35.2 Å². The molecule has 6 aromatic rings. The van der Waals surface area contributed by atoms with Gasteiger partial charge >= 0.3 is 12.2 Å². The number of nitrogens with one attached hydrogen (secondary N) is 2. The van der Waals surface area contributed by atoms with Crippen LogP contribution in [0.1, 0.15) is 72.7 Å². The number of piperazine rings is 1. The Morgan fingerprint density at radius 2 is 1.64 bits per heavy atom. The number of carbonyl (C=O) groups is 3. The van der Waals surface area contributed by atoms with Gasteiger partial charge < -0.3 is 19.6 Å². The van der Waals surface area contributed by atoms with Gasteiger partial charge in [0.15, 0.2) is 0 Å². The Balaban J connectivity index is 0.731. The molecule has 4 aliphatic rings. The van der Waals surface area contributed by atoms with Crippen LogP contribution in [0.2, 0.25) is 0 Å². The summed E-state index contributed by atoms with van der Waals surface area (Å²) in [6.45, 7) is 10.9. The van der Waals surface area contributed by atoms with Crippen LogP contribution in [0.15, 0.2) is 83.8 Å². The van der Waals surface area contributed by atoms with Crippen LogP contribution in [0, 0.1) is 12.8 Å². The van der Waals surface area contributed by atoms with Crippen molar-refractivity contribution < 1.29 is 32.1 Å². The standard InChI is InChI=1S/C47H49F3N12O4/c1-29-25-32(3-9-36(29)30(2)53-43(64)41-56-44(66-57-41)46(14-15-46)47(48,49)50)42-54-37(26-39-51-16-20-62(39)42)33-4-10-38(52-27-33)60-23-21-58(22-24-60)28-31-11-17-59(18-12-31)34-5-7-35(8-6-34)61-19-13-40(63)55-45(61)65/h3-10,16,20,25-27,30-31H,11-15,17-19,21-24,28H2,1-2H3,(H,53,64)(H,55,63,65)/t30-/m1/s1. The minimum atomic E-state index is -4.53. The van der Waals surface area contributed by atoms with Crippen molar-refractivity contribution in [3.8, 4) is 22.6 Å². The second-order valence-electron chi connectivity index (χ2n) is 17.8. The van der Waals surface area contributed by atoms with E-state index in [2.05, 4.69) is 58.7 Å². The van der Waals surface area contributed by atoms with E-state index in [4.69, 9.17) is 14.5 Å². The number of piperidine rings is 1. The Hall–Kier alpha value is -6.89. The van der Waals surface area contributed by atoms with Crippen molar-refractivity contribution in [2.24, 2.45) is 5.92 Å². The Kier molecular flexibility index (Phi) is 11.2. The van der Waals surface area contributed by atoms with Crippen molar-refractivity contribution in [1.29, 1.82) is 0 Å². The number of aromatic nitrogens is 6. The van der Waals surface area contributed by atoms with Gasteiger partial charge in [-0.3, -0.25) is 29.1 Å². The topological polar surface area (TPSA) is 170 Å². The number of imidazole rings is 1. The summed E-state index contributed by atoms with van der Waals surface area (Å²) in [5.74, 6) is 0.254. The molecule has 2 aromatic carbocycles. The summed E-state index contributed by atoms with van der Waals surface area (Å²) >= 11 is 0. The zero-order valence-corrected chi connectivity index (χ0v) is 36.6. The molecule has 0 radical (unpaired) electrons. The fourth-order valence-electron chi connectivity index (χ4n) is 9.45. The van der Waals surface area contributed by atoms with Gasteiger partial charge in [0.1, 0.15) is 22.7 Å². The van der Waals surface area contributed by atoms with Crippen molar-refractivity contribution in [3.63, 3.8) is 0 Å². The molecule has 7 heterocycles. The van der Waals surface area contributed by atoms with Crippen molar-refractivity contribution in [2.45, 2.75) is 63.6 Å². The summed E-state index contributed by atoms with van der Waals surface area (Å²) in [4.78, 5) is 64.0. The molecule has 1 saturated carbocycles. The molecule has 3 saturated heterocycles. The number of rotatable bonds is 11. The Morgan fingerprint density at radius 3 is 2.32 bits per heavy atom. The average Bonchev–Trinajstić information content (AvgIpc) is 3.75. The summed E-state index contributed by atoms with van der Waals surface area (Å²) in [5, 5.41) is 8.73. The number of urea groups is 1. The Labute approximate surface area is 378 Å². The lowest BCUT2D eigenvalue weighted by molar-refractivity contribution is -0.166. The molecule has 1 aliphatic carbocycles. The largest absolute Gasteiger partial charge is 0.403 e. The second-order valence-corrected chi connectivity index (χ2v) is 17.8. The number of alkyl halides is 3. The first-order valence-electron chi connectivity index (χ1n) is 22.4. The zero-order chi connectivity index (χ0) is 45.7. The van der Waals surface area contributed by atoms with E-state index in [0.29, 0.717) is 24.7 Å². The quantitative estimate of drug-likeness (QED) is 0.141. The molecule has 4 fully saturated rings. The number of benzene rings is 2. The van der Waals surface area contributed by atoms with Gasteiger partial charge in [-0.05, 0) is 99.0 Å². The maximum Gasteiger partial charge on any atom is 0.403 e. The lowest BCUT2D eigenvalue weighted by Crippen LogP contribution is -2.49. The SMILES string of the molecule is Cc1cc(-c2nc(-c3ccc(N4CCN(CC5CCN(c6ccc(N7CCC(=O)NC7=O)cc6)CC5)CC4)nc3)cc3nccn23)ccc1[C@@H](C)NC(=O)c1noc(C2(C(F)(F)F)CC2)n1. The minimum Gasteiger partial charge on any atom is -0.372 e. The van der Waals surface area contributed by atoms with E-state index >= 15 is 0 Å². The average molecular weight is 903 g/mol. The number of hydrogen-bond donors (Lipinski definition) is 2. The number of aryl methyl sites for hydroxylation is 1. The van der Waals surface area contributed by atoms with Crippen molar-refractivity contribution in [3.05, 3.63) is 102 Å². The molecular weight excluding hydrogens is 854 g/mol. The smallest absolute Gasteiger partial charge is 0.372 e. The van der Waals surface area contributed by atoms with Gasteiger partial charge in [-0.25, -0.2) is 19.7 Å². The van der Waals surface area contributed by atoms with E-state index in [-0.39, 0.29) is 24.8 Å². The third-order valence-electron chi connectivity index (χ3n) is 13.5. The highest BCUT2D eigenvalue weighted by molar-refractivity contribution is 6.05. The molecule has 16 nitrogen and oxygen atoms in total. The number of halogens is 3. The molecule has 0 spiro atoms. The summed E-state index contributed by atoms with van der Waals surface area (Å²) in [6, 6.07) is 19.0. The van der Waals surface area contributed by atoms with E-state index in [9.17, 15) is 27.6 Å². The predicted molar refractivity (Wildman–Crippen MR) is 239 cm³/mol. The third-order valence-corrected chi connectivity index (χ3v) is 13.5. The van der Waals surface area contributed by atoms with E-state index < -0.39 is 35.3 Å². The molecule has 3 aliphatic heterocycles. The highest BCUT2D eigenvalue weighted by atomic mass is 19.4. The van der Waals surface area contributed by atoms with Crippen LogP contribution in [0.25, 0.3) is 28.3 Å². The number of anilines is 3. The van der Waals surface area contributed by atoms with Crippen LogP contribution in [0.5, 0.6) is 0 Å². The molecule has 1 atom stereocenters. The second kappa shape index (κ2) is 17.2. The first kappa shape index (κ1) is 43.0. The maximum atomic E-state index is 13.6. The first-order valence-corrected chi connectivity index (χ1v) is 22.4. The summed E-state index contributed by atoms with van der Waals surface area (Å²) < 4.78 is 47.5. The van der Waals surface area contributed by atoms with Gasteiger partial charge in [0.25, 0.3) is 11.7 Å². The number of hydrogen-bond acceptors (Lipinski definition) is 12. The number of imide groups is 1. The molecule has 10 rings (SSSR count). The van der Waals surface area contributed by atoms with Gasteiger partial charge in [-0.15, -0.1) is 0 Å². The lowest BCUT2D eigenvalue weighted by atomic mass is 9.95. The summed E-state index contributed by atoms with van der Waals surface area (Å²) in [7, 11) is 0. The molecule has 19 heteroatoms. The van der Waals surface area contributed by atoms with Gasteiger partial charge in [-0.1, -0.05) is 17.3 Å². The molecule has 66 heavy (non-hydrogen) atoms. The number of nitrogens with zero attached hydrogens (tertiary/aromatic N) is 10. The van der Waals surface area contributed by atoms with Gasteiger partial charge in [-0.2, -0.15) is 18.2 Å². The fraction of sp³-hybridized carbons (Fsp3) is 0.404. The fourth-order valence-corrected chi connectivity index (χ4v) is 9.45. The van der Waals surface area contributed by atoms with E-state index in [0.717, 1.165) is 109 Å². The minimum absolute atomic E-state index is 0.146. The van der Waals surface area contributed by atoms with Gasteiger partial charge in [0, 0.05) is 106 Å². The van der Waals surface area contributed by atoms with E-state index in [1.54, 1.807) is 18.0 Å². The highest BCUT2D eigenvalue weighted by Crippen LogP contribution is 2.58. The third kappa shape index (κ3) is 8.42. The van der Waals surface area contributed by atoms with Crippen LogP contribution >= 0.6 is 0 Å². The molecular formula is C47H49F3N12O4. The van der Waals surface area contributed by atoms with Crippen LogP contribution < -0.4 is 25.3 Å². The summed E-state index contributed by atoms with van der Waals surface area (Å²) in [6.07, 6.45) is 3.17. The van der Waals surface area contributed by atoms with Crippen molar-refractivity contribution in [2.75, 3.05) is 67.1 Å². The molecule has 4 amide bonds. The van der Waals surface area contributed by atoms with E-state index in [1.807, 2.05) is 66.2 Å². The van der Waals surface area contributed by atoms with Crippen LogP contribution in [-0.2, 0) is 10.2 Å². The molecule has 4 aromatic heterocycles. The summed E-state index contributed by atoms with van der Waals surface area (Å²) in [5.41, 5.74) is 4.58. The van der Waals surface area contributed by atoms with Gasteiger partial charge in [0.05, 0.1) is 11.7 Å². The predicted octanol–water partition coefficient (Wildman–Crippen LogP) is 6.72. The number of fused-ring (bicyclic) bond motifs is 1. The molecule has 0 unspecified atom stereocenters. The molecule has 2 N–H and O–H groups in total. The molecule has 342 valence electrons. The molecule has 0 bridgehead atoms. The number of amides is 4. The Bertz CT molecular complexity index is 2770. The van der Waals surface area contributed by atoms with Crippen molar-refractivity contribution in [1.82, 2.24) is 45.0 Å². The number of carbonyl (C=O) groups excluding carboxylic acids is 3. The first-order chi connectivity index (χ1) is 31.8. The Morgan fingerprint density at radius 1 is 0.894 bits per heavy atom. The van der Waals surface area contributed by atoms with Crippen LogP contribution in [-0.4, -0.2) is 111 Å². The lowest BCUT2D eigenvalue weighted by Gasteiger charge is -2.39. The van der Waals surface area contributed by atoms with Crippen molar-refractivity contribution >= 4 is 40.7 Å². The van der Waals surface area contributed by atoms with Gasteiger partial charge in [0.2, 0.25) is 11.8 Å². The maximum absolute atomic E-state index is 13.6. The zero-order valence-electron chi connectivity index (χ0n) is 36.6. The highest BCUT2D eigenvalue weighted by Gasteiger charge is 2.68. The van der Waals surface area contributed by atoms with E-state index in [1.165, 1.54) is 0 Å². The normalized spacial score (nSPS) is 18.7. The van der Waals surface area contributed by atoms with Crippen LogP contribution in [0.3, 0.4) is 0 Å². The monoisotopic (exact) mass is 902 g/mol. The number of pyridine rings is 1.